The van der Waals surface area contributed by atoms with E-state index in [1.807, 2.05) is 0 Å². The topological polar surface area (TPSA) is 54.4 Å². The lowest BCUT2D eigenvalue weighted by Gasteiger charge is -2.31. The average molecular weight is 290 g/mol. The van der Waals surface area contributed by atoms with Crippen LogP contribution in [-0.2, 0) is 10.3 Å². The van der Waals surface area contributed by atoms with Gasteiger partial charge in [-0.1, -0.05) is 43.0 Å². The van der Waals surface area contributed by atoms with Crippen LogP contribution < -0.4 is 3.89 Å². The highest BCUT2D eigenvalue weighted by atomic mass is 32.2. The third-order valence-electron chi connectivity index (χ3n) is 3.13. The van der Waals surface area contributed by atoms with Crippen molar-refractivity contribution in [2.24, 2.45) is 0 Å². The molecule has 1 N–H and O–H groups in total. The summed E-state index contributed by atoms with van der Waals surface area (Å²) in [6.45, 7) is 3.65. The van der Waals surface area contributed by atoms with E-state index in [1.165, 1.54) is 6.08 Å². The Morgan fingerprint density at radius 2 is 1.35 bits per heavy atom. The van der Waals surface area contributed by atoms with Crippen LogP contribution in [0, 0.1) is 0 Å². The number of rotatable bonds is 5. The van der Waals surface area contributed by atoms with E-state index in [1.54, 1.807) is 60.7 Å². The zero-order chi connectivity index (χ0) is 14.6. The monoisotopic (exact) mass is 290 g/mol. The van der Waals surface area contributed by atoms with Gasteiger partial charge < -0.3 is 0 Å². The van der Waals surface area contributed by atoms with Gasteiger partial charge in [0.25, 0.3) is 0 Å². The van der Waals surface area contributed by atoms with Gasteiger partial charge in [0.2, 0.25) is 0 Å². The molecule has 0 bridgehead atoms. The standard InChI is InChI=1S/C15H15NO3S/c1-2-13-16(20(17,18)19,14-9-5-3-6-10-14)15-11-7-4-8-12-15/h2-12H,1,13H2/p+1. The first-order chi connectivity index (χ1) is 9.52. The summed E-state index contributed by atoms with van der Waals surface area (Å²) in [5, 5.41) is 0. The SMILES string of the molecule is C=CC[N+](c1ccccc1)(c1ccccc1)S(=O)(=O)O. The van der Waals surface area contributed by atoms with E-state index in [-0.39, 0.29) is 6.54 Å². The lowest BCUT2D eigenvalue weighted by molar-refractivity contribution is 0.419. The van der Waals surface area contributed by atoms with Crippen LogP contribution in [0.1, 0.15) is 0 Å². The van der Waals surface area contributed by atoms with E-state index >= 15 is 0 Å². The van der Waals surface area contributed by atoms with Gasteiger partial charge in [-0.15, -0.1) is 12.3 Å². The van der Waals surface area contributed by atoms with Crippen LogP contribution in [0.5, 0.6) is 0 Å². The molecule has 0 aromatic heterocycles. The van der Waals surface area contributed by atoms with E-state index in [4.69, 9.17) is 0 Å². The van der Waals surface area contributed by atoms with Crippen LogP contribution in [0.4, 0.5) is 11.4 Å². The molecular weight excluding hydrogens is 274 g/mol. The molecule has 2 aromatic carbocycles. The Morgan fingerprint density at radius 3 is 1.65 bits per heavy atom. The molecule has 104 valence electrons. The second-order valence-electron chi connectivity index (χ2n) is 4.33. The molecule has 0 spiro atoms. The van der Waals surface area contributed by atoms with Crippen molar-refractivity contribution in [2.75, 3.05) is 6.54 Å². The summed E-state index contributed by atoms with van der Waals surface area (Å²) < 4.78 is 33.4. The number of hydrogen-bond acceptors (Lipinski definition) is 2. The fraction of sp³-hybridized carbons (Fsp3) is 0.0667. The van der Waals surface area contributed by atoms with E-state index in [9.17, 15) is 13.0 Å². The third kappa shape index (κ3) is 2.38. The number of hydrogen-bond donors (Lipinski definition) is 1. The van der Waals surface area contributed by atoms with Crippen LogP contribution >= 0.6 is 0 Å². The smallest absolute Gasteiger partial charge is 0.241 e. The zero-order valence-corrected chi connectivity index (χ0v) is 11.7. The Morgan fingerprint density at radius 1 is 0.950 bits per heavy atom. The predicted molar refractivity (Wildman–Crippen MR) is 81.0 cm³/mol. The largest absolute Gasteiger partial charge is 0.443 e. The van der Waals surface area contributed by atoms with Gasteiger partial charge in [0.15, 0.2) is 11.4 Å². The van der Waals surface area contributed by atoms with E-state index in [0.717, 1.165) is 0 Å². The molecule has 0 unspecified atom stereocenters. The quantitative estimate of drug-likeness (QED) is 0.522. The normalized spacial score (nSPS) is 12.1. The maximum Gasteiger partial charge on any atom is 0.443 e. The van der Waals surface area contributed by atoms with Gasteiger partial charge in [0.05, 0.1) is 0 Å². The van der Waals surface area contributed by atoms with E-state index < -0.39 is 14.2 Å². The Hall–Kier alpha value is -1.95. The highest BCUT2D eigenvalue weighted by molar-refractivity contribution is 7.85. The first kappa shape index (κ1) is 14.5. The summed E-state index contributed by atoms with van der Waals surface area (Å²) in [6, 6.07) is 17.2. The third-order valence-corrected chi connectivity index (χ3v) is 4.49. The summed E-state index contributed by atoms with van der Waals surface area (Å²) >= 11 is 0. The van der Waals surface area contributed by atoms with Gasteiger partial charge in [-0.3, -0.25) is 0 Å². The second-order valence-corrected chi connectivity index (χ2v) is 5.85. The van der Waals surface area contributed by atoms with Gasteiger partial charge in [0, 0.05) is 24.3 Å². The van der Waals surface area contributed by atoms with Crippen LogP contribution in [0.25, 0.3) is 0 Å². The minimum atomic E-state index is -4.43. The molecule has 0 aliphatic rings. The first-order valence-electron chi connectivity index (χ1n) is 6.10. The molecule has 2 aromatic rings. The van der Waals surface area contributed by atoms with Crippen molar-refractivity contribution in [3.05, 3.63) is 73.3 Å². The van der Waals surface area contributed by atoms with Crippen molar-refractivity contribution >= 4 is 21.7 Å². The Labute approximate surface area is 119 Å². The average Bonchev–Trinajstić information content (AvgIpc) is 2.45. The molecule has 0 fully saturated rings. The molecule has 0 heterocycles. The minimum absolute atomic E-state index is 0.0346. The van der Waals surface area contributed by atoms with E-state index in [2.05, 4.69) is 6.58 Å². The summed E-state index contributed by atoms with van der Waals surface area (Å²) in [5.41, 5.74) is 0.919. The summed E-state index contributed by atoms with van der Waals surface area (Å²) in [7, 11) is -4.43. The van der Waals surface area contributed by atoms with Gasteiger partial charge >= 0.3 is 10.3 Å². The van der Waals surface area contributed by atoms with Gasteiger partial charge in [-0.25, -0.2) is 4.55 Å². The highest BCUT2D eigenvalue weighted by Crippen LogP contribution is 2.37. The molecule has 0 aliphatic heterocycles. The molecule has 0 saturated heterocycles. The van der Waals surface area contributed by atoms with Crippen molar-refractivity contribution in [3.63, 3.8) is 0 Å². The Kier molecular flexibility index (Phi) is 4.04. The maximum absolute atomic E-state index is 12.1. The van der Waals surface area contributed by atoms with Crippen molar-refractivity contribution in [1.82, 2.24) is 3.89 Å². The minimum Gasteiger partial charge on any atom is -0.241 e. The van der Waals surface area contributed by atoms with Gasteiger partial charge in [-0.05, 0) is 6.08 Å². The summed E-state index contributed by atoms with van der Waals surface area (Å²) in [4.78, 5) is 0. The molecule has 0 atom stereocenters. The first-order valence-corrected chi connectivity index (χ1v) is 7.50. The molecule has 0 saturated carbocycles. The van der Waals surface area contributed by atoms with Gasteiger partial charge in [-0.2, -0.15) is 0 Å². The molecule has 0 aliphatic carbocycles. The molecule has 20 heavy (non-hydrogen) atoms. The highest BCUT2D eigenvalue weighted by Gasteiger charge is 2.44. The zero-order valence-electron chi connectivity index (χ0n) is 10.9. The number of quaternary nitrogens is 1. The fourth-order valence-corrected chi connectivity index (χ4v) is 3.31. The van der Waals surface area contributed by atoms with Crippen LogP contribution in [-0.4, -0.2) is 19.5 Å². The van der Waals surface area contributed by atoms with Crippen molar-refractivity contribution < 1.29 is 13.0 Å². The lowest BCUT2D eigenvalue weighted by atomic mass is 10.2. The second kappa shape index (κ2) is 5.58. The molecule has 2 rings (SSSR count). The van der Waals surface area contributed by atoms with Crippen LogP contribution in [0.15, 0.2) is 73.3 Å². The Bertz CT molecular complexity index is 642. The molecule has 0 amide bonds. The summed E-state index contributed by atoms with van der Waals surface area (Å²) in [5.74, 6) is 0. The summed E-state index contributed by atoms with van der Waals surface area (Å²) in [6.07, 6.45) is 1.48. The predicted octanol–water partition coefficient (Wildman–Crippen LogP) is 3.31. The van der Waals surface area contributed by atoms with E-state index in [0.29, 0.717) is 11.4 Å². The number of benzene rings is 2. The number of para-hydroxylation sites is 2. The van der Waals surface area contributed by atoms with Crippen molar-refractivity contribution in [1.29, 1.82) is 0 Å². The molecule has 4 nitrogen and oxygen atoms in total. The molecule has 0 radical (unpaired) electrons. The van der Waals surface area contributed by atoms with Crippen LogP contribution in [0.2, 0.25) is 0 Å². The maximum atomic E-state index is 12.1. The Balaban J connectivity index is 2.81. The molecular formula is C15H16NO3S+. The lowest BCUT2D eigenvalue weighted by Crippen LogP contribution is -2.49. The van der Waals surface area contributed by atoms with Crippen LogP contribution in [0.3, 0.4) is 0 Å². The van der Waals surface area contributed by atoms with Crippen molar-refractivity contribution in [2.45, 2.75) is 0 Å². The fourth-order valence-electron chi connectivity index (χ4n) is 2.24. The molecule has 5 heteroatoms. The number of nitrogens with zero attached hydrogens (tertiary/aromatic N) is 1. The van der Waals surface area contributed by atoms with Gasteiger partial charge in [0.1, 0.15) is 6.54 Å². The van der Waals surface area contributed by atoms with Crippen molar-refractivity contribution in [3.8, 4) is 0 Å².